The topological polar surface area (TPSA) is 32.3 Å². The van der Waals surface area contributed by atoms with Crippen LogP contribution >= 0.6 is 0 Å². The average Bonchev–Trinajstić information content (AvgIpc) is 2.17. The Morgan fingerprint density at radius 2 is 2.07 bits per heavy atom. The number of aliphatic hydroxyl groups excluding tert-OH is 1. The van der Waals surface area contributed by atoms with Crippen LogP contribution in [0.25, 0.3) is 0 Å². The summed E-state index contributed by atoms with van der Waals surface area (Å²) in [5.74, 6) is 1.71. The molecule has 0 bridgehead atoms. The van der Waals surface area contributed by atoms with Crippen molar-refractivity contribution in [2.24, 2.45) is 11.8 Å². The number of hydrogen-bond donors (Lipinski definition) is 2. The number of rotatable bonds is 5. The van der Waals surface area contributed by atoms with Crippen LogP contribution in [-0.2, 0) is 0 Å². The zero-order valence-electron chi connectivity index (χ0n) is 10.5. The first-order valence-electron chi connectivity index (χ1n) is 6.51. The van der Waals surface area contributed by atoms with E-state index in [1.807, 2.05) is 6.92 Å². The molecule has 0 amide bonds. The smallest absolute Gasteiger partial charge is 0.0512 e. The molecule has 4 atom stereocenters. The van der Waals surface area contributed by atoms with E-state index in [1.54, 1.807) is 0 Å². The first kappa shape index (κ1) is 13.0. The Morgan fingerprint density at radius 3 is 2.73 bits per heavy atom. The second-order valence-electron chi connectivity index (χ2n) is 5.45. The highest BCUT2D eigenvalue weighted by molar-refractivity contribution is 4.81. The van der Waals surface area contributed by atoms with Crippen molar-refractivity contribution in [1.29, 1.82) is 0 Å². The third-order valence-corrected chi connectivity index (χ3v) is 3.66. The Morgan fingerprint density at radius 1 is 1.33 bits per heavy atom. The van der Waals surface area contributed by atoms with Crippen LogP contribution in [0.5, 0.6) is 0 Å². The summed E-state index contributed by atoms with van der Waals surface area (Å²) >= 11 is 0. The average molecular weight is 213 g/mol. The van der Waals surface area contributed by atoms with Gasteiger partial charge < -0.3 is 10.4 Å². The maximum Gasteiger partial charge on any atom is 0.0512 e. The molecular weight excluding hydrogens is 186 g/mol. The molecule has 4 unspecified atom stereocenters. The van der Waals surface area contributed by atoms with Crippen LogP contribution in [0, 0.1) is 11.8 Å². The third kappa shape index (κ3) is 4.98. The summed E-state index contributed by atoms with van der Waals surface area (Å²) in [6.07, 6.45) is 5.96. The van der Waals surface area contributed by atoms with E-state index < -0.39 is 0 Å². The van der Waals surface area contributed by atoms with Crippen molar-refractivity contribution in [2.75, 3.05) is 6.54 Å². The molecule has 0 radical (unpaired) electrons. The molecular formula is C13H27NO. The van der Waals surface area contributed by atoms with Gasteiger partial charge in [0.05, 0.1) is 6.10 Å². The Kier molecular flexibility index (Phi) is 5.62. The summed E-state index contributed by atoms with van der Waals surface area (Å²) in [5.41, 5.74) is 0. The van der Waals surface area contributed by atoms with Gasteiger partial charge in [0, 0.05) is 6.04 Å². The molecule has 0 aromatic carbocycles. The third-order valence-electron chi connectivity index (χ3n) is 3.66. The molecule has 0 aliphatic heterocycles. The van der Waals surface area contributed by atoms with Crippen LogP contribution < -0.4 is 5.32 Å². The van der Waals surface area contributed by atoms with E-state index in [-0.39, 0.29) is 6.10 Å². The Balaban J connectivity index is 2.13. The first-order valence-corrected chi connectivity index (χ1v) is 6.51. The van der Waals surface area contributed by atoms with Crippen LogP contribution in [0.4, 0.5) is 0 Å². The van der Waals surface area contributed by atoms with Crippen molar-refractivity contribution in [1.82, 2.24) is 5.32 Å². The predicted molar refractivity (Wildman–Crippen MR) is 64.9 cm³/mol. The highest BCUT2D eigenvalue weighted by Gasteiger charge is 2.24. The number of nitrogens with one attached hydrogen (secondary N) is 1. The quantitative estimate of drug-likeness (QED) is 0.688. The minimum Gasteiger partial charge on any atom is -0.393 e. The monoisotopic (exact) mass is 213 g/mol. The molecule has 1 aliphatic rings. The lowest BCUT2D eigenvalue weighted by atomic mass is 9.80. The van der Waals surface area contributed by atoms with Gasteiger partial charge in [-0.1, -0.05) is 20.3 Å². The van der Waals surface area contributed by atoms with Gasteiger partial charge in [-0.3, -0.25) is 0 Å². The van der Waals surface area contributed by atoms with Crippen molar-refractivity contribution >= 4 is 0 Å². The van der Waals surface area contributed by atoms with E-state index in [0.29, 0.717) is 6.04 Å². The molecule has 1 aliphatic carbocycles. The Bertz CT molecular complexity index is 170. The van der Waals surface area contributed by atoms with E-state index in [0.717, 1.165) is 31.2 Å². The van der Waals surface area contributed by atoms with Crippen LogP contribution in [0.1, 0.15) is 52.9 Å². The SMILES string of the molecule is CC(O)CCCNC1CC(C)CCC1C. The van der Waals surface area contributed by atoms with E-state index in [4.69, 9.17) is 5.11 Å². The molecule has 0 aromatic rings. The Labute approximate surface area is 94.5 Å². The van der Waals surface area contributed by atoms with Crippen molar-refractivity contribution in [3.8, 4) is 0 Å². The maximum absolute atomic E-state index is 9.16. The fraction of sp³-hybridized carbons (Fsp3) is 1.00. The fourth-order valence-electron chi connectivity index (χ4n) is 2.50. The Hall–Kier alpha value is -0.0800. The van der Waals surface area contributed by atoms with Gasteiger partial charge in [0.15, 0.2) is 0 Å². The summed E-state index contributed by atoms with van der Waals surface area (Å²) in [4.78, 5) is 0. The lowest BCUT2D eigenvalue weighted by Crippen LogP contribution is -2.40. The van der Waals surface area contributed by atoms with Crippen LogP contribution in [0.2, 0.25) is 0 Å². The molecule has 90 valence electrons. The molecule has 2 heteroatoms. The predicted octanol–water partition coefficient (Wildman–Crippen LogP) is 2.56. The molecule has 1 saturated carbocycles. The minimum atomic E-state index is -0.144. The summed E-state index contributed by atoms with van der Waals surface area (Å²) in [6, 6.07) is 0.711. The van der Waals surface area contributed by atoms with Crippen LogP contribution in [0.3, 0.4) is 0 Å². The van der Waals surface area contributed by atoms with Gasteiger partial charge in [-0.05, 0) is 51.0 Å². The zero-order chi connectivity index (χ0) is 11.3. The van der Waals surface area contributed by atoms with Crippen LogP contribution in [-0.4, -0.2) is 23.8 Å². The number of hydrogen-bond acceptors (Lipinski definition) is 2. The highest BCUT2D eigenvalue weighted by atomic mass is 16.3. The summed E-state index contributed by atoms with van der Waals surface area (Å²) in [6.45, 7) is 7.65. The summed E-state index contributed by atoms with van der Waals surface area (Å²) in [7, 11) is 0. The lowest BCUT2D eigenvalue weighted by molar-refractivity contribution is 0.177. The van der Waals surface area contributed by atoms with Crippen molar-refractivity contribution < 1.29 is 5.11 Å². The lowest BCUT2D eigenvalue weighted by Gasteiger charge is -2.33. The van der Waals surface area contributed by atoms with Crippen molar-refractivity contribution in [3.63, 3.8) is 0 Å². The highest BCUT2D eigenvalue weighted by Crippen LogP contribution is 2.28. The zero-order valence-corrected chi connectivity index (χ0v) is 10.5. The fourth-order valence-corrected chi connectivity index (χ4v) is 2.50. The van der Waals surface area contributed by atoms with Gasteiger partial charge >= 0.3 is 0 Å². The summed E-state index contributed by atoms with van der Waals surface area (Å²) in [5, 5.41) is 12.8. The molecule has 0 heterocycles. The van der Waals surface area contributed by atoms with Gasteiger partial charge in [0.2, 0.25) is 0 Å². The van der Waals surface area contributed by atoms with Crippen LogP contribution in [0.15, 0.2) is 0 Å². The van der Waals surface area contributed by atoms with Gasteiger partial charge in [0.25, 0.3) is 0 Å². The van der Waals surface area contributed by atoms with Gasteiger partial charge in [-0.2, -0.15) is 0 Å². The second kappa shape index (κ2) is 6.49. The summed E-state index contributed by atoms with van der Waals surface area (Å²) < 4.78 is 0. The molecule has 2 N–H and O–H groups in total. The molecule has 2 nitrogen and oxygen atoms in total. The molecule has 0 aromatic heterocycles. The van der Waals surface area contributed by atoms with E-state index >= 15 is 0 Å². The standard InChI is InChI=1S/C13H27NO/c1-10-6-7-11(2)13(9-10)14-8-4-5-12(3)15/h10-15H,4-9H2,1-3H3. The van der Waals surface area contributed by atoms with E-state index in [2.05, 4.69) is 19.2 Å². The number of aliphatic hydroxyl groups is 1. The van der Waals surface area contributed by atoms with Gasteiger partial charge in [-0.25, -0.2) is 0 Å². The molecule has 1 rings (SSSR count). The first-order chi connectivity index (χ1) is 7.09. The van der Waals surface area contributed by atoms with Gasteiger partial charge in [0.1, 0.15) is 0 Å². The van der Waals surface area contributed by atoms with Crippen molar-refractivity contribution in [3.05, 3.63) is 0 Å². The maximum atomic E-state index is 9.16. The molecule has 0 saturated heterocycles. The minimum absolute atomic E-state index is 0.144. The molecule has 15 heavy (non-hydrogen) atoms. The van der Waals surface area contributed by atoms with E-state index in [1.165, 1.54) is 19.3 Å². The normalized spacial score (nSPS) is 34.0. The van der Waals surface area contributed by atoms with E-state index in [9.17, 15) is 0 Å². The van der Waals surface area contributed by atoms with Crippen molar-refractivity contribution in [2.45, 2.75) is 65.0 Å². The molecule has 0 spiro atoms. The van der Waals surface area contributed by atoms with Gasteiger partial charge in [-0.15, -0.1) is 0 Å². The second-order valence-corrected chi connectivity index (χ2v) is 5.45. The largest absolute Gasteiger partial charge is 0.393 e. The molecule has 1 fully saturated rings.